The van der Waals surface area contributed by atoms with Crippen molar-refractivity contribution in [1.29, 1.82) is 0 Å². The second-order valence-corrected chi connectivity index (χ2v) is 4.90. The van der Waals surface area contributed by atoms with E-state index in [-0.39, 0.29) is 0 Å². The van der Waals surface area contributed by atoms with E-state index in [2.05, 4.69) is 22.4 Å². The first-order valence-corrected chi connectivity index (χ1v) is 6.47. The van der Waals surface area contributed by atoms with Gasteiger partial charge in [-0.05, 0) is 12.5 Å². The lowest BCUT2D eigenvalue weighted by Gasteiger charge is -2.01. The van der Waals surface area contributed by atoms with Gasteiger partial charge >= 0.3 is 0 Å². The summed E-state index contributed by atoms with van der Waals surface area (Å²) in [6.07, 6.45) is 1.46. The third-order valence-corrected chi connectivity index (χ3v) is 3.16. The Morgan fingerprint density at radius 2 is 2.12 bits per heavy atom. The quantitative estimate of drug-likeness (QED) is 0.823. The summed E-state index contributed by atoms with van der Waals surface area (Å²) in [4.78, 5) is 0. The summed E-state index contributed by atoms with van der Waals surface area (Å²) in [7, 11) is 0. The van der Waals surface area contributed by atoms with Gasteiger partial charge in [-0.1, -0.05) is 47.3 Å². The van der Waals surface area contributed by atoms with Gasteiger partial charge in [0.25, 0.3) is 0 Å². The number of rotatable bonds is 5. The number of benzene rings is 1. The predicted octanol–water partition coefficient (Wildman–Crippen LogP) is 1.95. The Kier molecular flexibility index (Phi) is 4.17. The van der Waals surface area contributed by atoms with E-state index in [1.54, 1.807) is 23.4 Å². The van der Waals surface area contributed by atoms with E-state index in [9.17, 15) is 5.11 Å². The average Bonchev–Trinajstić information content (AvgIpc) is 2.75. The SMILES string of the molecule is CC(O)Cn1cc(SCc2ccccc2)nn1. The van der Waals surface area contributed by atoms with E-state index in [0.29, 0.717) is 6.54 Å². The van der Waals surface area contributed by atoms with Gasteiger partial charge in [-0.15, -0.1) is 5.10 Å². The van der Waals surface area contributed by atoms with Gasteiger partial charge in [-0.25, -0.2) is 4.68 Å². The molecule has 5 heteroatoms. The molecule has 0 aliphatic rings. The zero-order valence-corrected chi connectivity index (χ0v) is 10.5. The molecular weight excluding hydrogens is 234 g/mol. The van der Waals surface area contributed by atoms with Crippen molar-refractivity contribution in [2.75, 3.05) is 0 Å². The van der Waals surface area contributed by atoms with E-state index in [1.165, 1.54) is 5.56 Å². The maximum absolute atomic E-state index is 9.23. The molecule has 1 atom stereocenters. The lowest BCUT2D eigenvalue weighted by atomic mass is 10.2. The molecule has 17 heavy (non-hydrogen) atoms. The maximum Gasteiger partial charge on any atom is 0.139 e. The first-order chi connectivity index (χ1) is 8.24. The van der Waals surface area contributed by atoms with Crippen molar-refractivity contribution in [3.8, 4) is 0 Å². The molecule has 0 spiro atoms. The number of thioether (sulfide) groups is 1. The van der Waals surface area contributed by atoms with Crippen LogP contribution in [-0.4, -0.2) is 26.2 Å². The van der Waals surface area contributed by atoms with Crippen LogP contribution in [0.5, 0.6) is 0 Å². The van der Waals surface area contributed by atoms with Crippen LogP contribution < -0.4 is 0 Å². The van der Waals surface area contributed by atoms with Gasteiger partial charge in [0, 0.05) is 5.75 Å². The first kappa shape index (κ1) is 12.1. The van der Waals surface area contributed by atoms with E-state index in [1.807, 2.05) is 24.4 Å². The van der Waals surface area contributed by atoms with Gasteiger partial charge in [-0.3, -0.25) is 0 Å². The Bertz CT molecular complexity index is 456. The van der Waals surface area contributed by atoms with Crippen molar-refractivity contribution < 1.29 is 5.11 Å². The molecule has 1 heterocycles. The molecule has 0 aliphatic carbocycles. The van der Waals surface area contributed by atoms with E-state index >= 15 is 0 Å². The van der Waals surface area contributed by atoms with Crippen LogP contribution in [0.2, 0.25) is 0 Å². The molecule has 1 aromatic heterocycles. The van der Waals surface area contributed by atoms with E-state index in [4.69, 9.17) is 0 Å². The molecule has 0 aliphatic heterocycles. The molecule has 0 radical (unpaired) electrons. The topological polar surface area (TPSA) is 50.9 Å². The summed E-state index contributed by atoms with van der Waals surface area (Å²) in [6, 6.07) is 10.2. The van der Waals surface area contributed by atoms with Crippen molar-refractivity contribution in [1.82, 2.24) is 15.0 Å². The highest BCUT2D eigenvalue weighted by Crippen LogP contribution is 2.19. The Morgan fingerprint density at radius 3 is 2.82 bits per heavy atom. The van der Waals surface area contributed by atoms with Gasteiger partial charge in [0.2, 0.25) is 0 Å². The predicted molar refractivity (Wildman–Crippen MR) is 67.7 cm³/mol. The minimum absolute atomic E-state index is 0.399. The number of aliphatic hydroxyl groups excluding tert-OH is 1. The zero-order chi connectivity index (χ0) is 12.1. The highest BCUT2D eigenvalue weighted by Gasteiger charge is 2.04. The number of aliphatic hydroxyl groups is 1. The van der Waals surface area contributed by atoms with E-state index < -0.39 is 6.10 Å². The monoisotopic (exact) mass is 249 g/mol. The molecule has 0 bridgehead atoms. The molecule has 2 aromatic rings. The molecule has 0 amide bonds. The standard InChI is InChI=1S/C12H15N3OS/c1-10(16)7-15-8-12(13-14-15)17-9-11-5-3-2-4-6-11/h2-6,8,10,16H,7,9H2,1H3. The van der Waals surface area contributed by atoms with Gasteiger partial charge in [-0.2, -0.15) is 0 Å². The minimum Gasteiger partial charge on any atom is -0.391 e. The zero-order valence-electron chi connectivity index (χ0n) is 9.65. The van der Waals surface area contributed by atoms with Crippen molar-refractivity contribution >= 4 is 11.8 Å². The molecule has 1 aromatic carbocycles. The van der Waals surface area contributed by atoms with Crippen molar-refractivity contribution in [2.24, 2.45) is 0 Å². The fraction of sp³-hybridized carbons (Fsp3) is 0.333. The normalized spacial score (nSPS) is 12.6. The average molecular weight is 249 g/mol. The molecule has 0 fully saturated rings. The third-order valence-electron chi connectivity index (χ3n) is 2.20. The van der Waals surface area contributed by atoms with Gasteiger partial charge in [0.1, 0.15) is 5.03 Å². The van der Waals surface area contributed by atoms with Crippen molar-refractivity contribution in [2.45, 2.75) is 30.4 Å². The third kappa shape index (κ3) is 3.87. The molecular formula is C12H15N3OS. The molecule has 2 rings (SSSR count). The number of hydrogen-bond donors (Lipinski definition) is 1. The Balaban J connectivity index is 1.89. The molecule has 4 nitrogen and oxygen atoms in total. The van der Waals surface area contributed by atoms with Crippen LogP contribution in [0.4, 0.5) is 0 Å². The van der Waals surface area contributed by atoms with Crippen LogP contribution in [0.15, 0.2) is 41.6 Å². The molecule has 0 saturated heterocycles. The second-order valence-electron chi connectivity index (χ2n) is 3.90. The van der Waals surface area contributed by atoms with Crippen molar-refractivity contribution in [3.63, 3.8) is 0 Å². The Labute approximate surface area is 105 Å². The summed E-state index contributed by atoms with van der Waals surface area (Å²) in [5, 5.41) is 18.1. The minimum atomic E-state index is -0.399. The molecule has 1 N–H and O–H groups in total. The number of nitrogens with zero attached hydrogens (tertiary/aromatic N) is 3. The van der Waals surface area contributed by atoms with Gasteiger partial charge in [0.15, 0.2) is 0 Å². The highest BCUT2D eigenvalue weighted by molar-refractivity contribution is 7.98. The lowest BCUT2D eigenvalue weighted by molar-refractivity contribution is 0.167. The van der Waals surface area contributed by atoms with Gasteiger partial charge < -0.3 is 5.11 Å². The molecule has 90 valence electrons. The first-order valence-electron chi connectivity index (χ1n) is 5.49. The number of hydrogen-bond acceptors (Lipinski definition) is 4. The summed E-state index contributed by atoms with van der Waals surface area (Å²) in [6.45, 7) is 2.22. The van der Waals surface area contributed by atoms with E-state index in [0.717, 1.165) is 10.8 Å². The summed E-state index contributed by atoms with van der Waals surface area (Å²) < 4.78 is 1.66. The van der Waals surface area contributed by atoms with Crippen LogP contribution in [0.3, 0.4) is 0 Å². The molecule has 0 saturated carbocycles. The smallest absolute Gasteiger partial charge is 0.139 e. The summed E-state index contributed by atoms with van der Waals surface area (Å²) in [5.41, 5.74) is 1.27. The van der Waals surface area contributed by atoms with Crippen LogP contribution >= 0.6 is 11.8 Å². The Morgan fingerprint density at radius 1 is 1.35 bits per heavy atom. The van der Waals surface area contributed by atoms with Crippen LogP contribution in [0, 0.1) is 0 Å². The van der Waals surface area contributed by atoms with Crippen LogP contribution in [0.1, 0.15) is 12.5 Å². The summed E-state index contributed by atoms with van der Waals surface area (Å²) in [5.74, 6) is 0.883. The number of aromatic nitrogens is 3. The summed E-state index contributed by atoms with van der Waals surface area (Å²) >= 11 is 1.65. The highest BCUT2D eigenvalue weighted by atomic mass is 32.2. The second kappa shape index (κ2) is 5.84. The molecule has 1 unspecified atom stereocenters. The fourth-order valence-corrected chi connectivity index (χ4v) is 2.24. The van der Waals surface area contributed by atoms with Crippen LogP contribution in [-0.2, 0) is 12.3 Å². The lowest BCUT2D eigenvalue weighted by Crippen LogP contribution is -2.11. The van der Waals surface area contributed by atoms with Crippen molar-refractivity contribution in [3.05, 3.63) is 42.1 Å². The van der Waals surface area contributed by atoms with Crippen LogP contribution in [0.25, 0.3) is 0 Å². The Hall–Kier alpha value is -1.33. The van der Waals surface area contributed by atoms with Gasteiger partial charge in [0.05, 0.1) is 18.8 Å². The maximum atomic E-state index is 9.23. The largest absolute Gasteiger partial charge is 0.391 e. The fourth-order valence-electron chi connectivity index (χ4n) is 1.44.